The Hall–Kier alpha value is -1.77. The number of carbonyl (C=O) groups is 1. The Kier molecular flexibility index (Phi) is 6.47. The van der Waals surface area contributed by atoms with E-state index in [4.69, 9.17) is 4.74 Å². The summed E-state index contributed by atoms with van der Waals surface area (Å²) in [6.45, 7) is 10.2. The topological polar surface area (TPSA) is 29.5 Å². The number of benzene rings is 1. The second kappa shape index (κ2) is 7.87. The van der Waals surface area contributed by atoms with Crippen LogP contribution in [0.5, 0.6) is 0 Å². The Morgan fingerprint density at radius 1 is 1.24 bits per heavy atom. The largest absolute Gasteiger partial charge is 0.444 e. The van der Waals surface area contributed by atoms with E-state index in [1.807, 2.05) is 26.8 Å². The normalized spacial score (nSPS) is 11.0. The molecule has 0 atom stereocenters. The zero-order valence-corrected chi connectivity index (χ0v) is 13.7. The zero-order valence-electron chi connectivity index (χ0n) is 13.7. The summed E-state index contributed by atoms with van der Waals surface area (Å²) in [5.74, 6) is 0. The molecule has 0 heterocycles. The lowest BCUT2D eigenvalue weighted by atomic mass is 10.1. The van der Waals surface area contributed by atoms with Crippen molar-refractivity contribution in [2.75, 3.05) is 13.6 Å². The van der Waals surface area contributed by atoms with Gasteiger partial charge in [0.1, 0.15) is 5.60 Å². The molecule has 1 aromatic rings. The number of hydrogen-bond acceptors (Lipinski definition) is 2. The van der Waals surface area contributed by atoms with Crippen molar-refractivity contribution in [3.05, 3.63) is 48.0 Å². The number of carbonyl (C=O) groups excluding carboxylic acids is 1. The molecular formula is C18H27NO2. The van der Waals surface area contributed by atoms with E-state index in [1.165, 1.54) is 5.56 Å². The van der Waals surface area contributed by atoms with Crippen LogP contribution in [0.3, 0.4) is 0 Å². The third-order valence-corrected chi connectivity index (χ3v) is 3.00. The van der Waals surface area contributed by atoms with Crippen molar-refractivity contribution < 1.29 is 9.53 Å². The van der Waals surface area contributed by atoms with Gasteiger partial charge in [0.15, 0.2) is 0 Å². The summed E-state index contributed by atoms with van der Waals surface area (Å²) in [5, 5.41) is 0. The lowest BCUT2D eigenvalue weighted by Crippen LogP contribution is -2.35. The highest BCUT2D eigenvalue weighted by Gasteiger charge is 2.19. The van der Waals surface area contributed by atoms with E-state index >= 15 is 0 Å². The third-order valence-electron chi connectivity index (χ3n) is 3.00. The smallest absolute Gasteiger partial charge is 0.410 e. The Morgan fingerprint density at radius 3 is 2.43 bits per heavy atom. The molecule has 0 N–H and O–H groups in total. The van der Waals surface area contributed by atoms with Gasteiger partial charge in [0.2, 0.25) is 0 Å². The number of rotatable bonds is 6. The van der Waals surface area contributed by atoms with E-state index in [0.29, 0.717) is 6.54 Å². The quantitative estimate of drug-likeness (QED) is 0.725. The summed E-state index contributed by atoms with van der Waals surface area (Å²) in [7, 11) is 1.75. The molecule has 0 fully saturated rings. The van der Waals surface area contributed by atoms with Gasteiger partial charge in [-0.3, -0.25) is 0 Å². The molecule has 0 spiro atoms. The van der Waals surface area contributed by atoms with Crippen LogP contribution in [0, 0.1) is 0 Å². The van der Waals surface area contributed by atoms with Gasteiger partial charge in [-0.1, -0.05) is 42.5 Å². The Morgan fingerprint density at radius 2 is 1.86 bits per heavy atom. The van der Waals surface area contributed by atoms with Gasteiger partial charge in [0.25, 0.3) is 0 Å². The summed E-state index contributed by atoms with van der Waals surface area (Å²) in [6.07, 6.45) is 2.70. The fourth-order valence-electron chi connectivity index (χ4n) is 2.01. The maximum absolute atomic E-state index is 11.9. The van der Waals surface area contributed by atoms with Crippen LogP contribution in [0.15, 0.2) is 42.5 Å². The summed E-state index contributed by atoms with van der Waals surface area (Å²) < 4.78 is 5.32. The van der Waals surface area contributed by atoms with Crippen molar-refractivity contribution in [2.45, 2.75) is 45.6 Å². The molecule has 1 amide bonds. The first-order valence-electron chi connectivity index (χ1n) is 7.42. The molecule has 0 saturated heterocycles. The Balaban J connectivity index is 2.28. The van der Waals surface area contributed by atoms with Crippen molar-refractivity contribution >= 4 is 6.09 Å². The monoisotopic (exact) mass is 289 g/mol. The molecule has 0 aliphatic heterocycles. The summed E-state index contributed by atoms with van der Waals surface area (Å²) >= 11 is 0. The first-order valence-corrected chi connectivity index (χ1v) is 7.42. The maximum Gasteiger partial charge on any atom is 0.410 e. The molecule has 0 bridgehead atoms. The lowest BCUT2D eigenvalue weighted by molar-refractivity contribution is 0.0312. The van der Waals surface area contributed by atoms with Crippen molar-refractivity contribution in [1.29, 1.82) is 0 Å². The van der Waals surface area contributed by atoms with Crippen LogP contribution >= 0.6 is 0 Å². The molecule has 116 valence electrons. The van der Waals surface area contributed by atoms with Gasteiger partial charge in [-0.2, -0.15) is 0 Å². The highest BCUT2D eigenvalue weighted by Crippen LogP contribution is 2.12. The second-order valence-corrected chi connectivity index (χ2v) is 6.43. The molecule has 21 heavy (non-hydrogen) atoms. The SMILES string of the molecule is C=C(CCCc1ccccc1)CN(C)C(=O)OC(C)(C)C. The minimum Gasteiger partial charge on any atom is -0.444 e. The van der Waals surface area contributed by atoms with Crippen LogP contribution < -0.4 is 0 Å². The highest BCUT2D eigenvalue weighted by molar-refractivity contribution is 5.68. The first-order chi connectivity index (χ1) is 9.78. The second-order valence-electron chi connectivity index (χ2n) is 6.43. The molecule has 1 rings (SSSR count). The van der Waals surface area contributed by atoms with Crippen LogP contribution in [0.1, 0.15) is 39.2 Å². The van der Waals surface area contributed by atoms with E-state index in [2.05, 4.69) is 30.8 Å². The van der Waals surface area contributed by atoms with Crippen LogP contribution in [0.25, 0.3) is 0 Å². The van der Waals surface area contributed by atoms with Gasteiger partial charge in [-0.25, -0.2) is 4.79 Å². The third kappa shape index (κ3) is 7.54. The van der Waals surface area contributed by atoms with E-state index in [0.717, 1.165) is 24.8 Å². The van der Waals surface area contributed by atoms with Crippen molar-refractivity contribution in [3.63, 3.8) is 0 Å². The fraction of sp³-hybridized carbons (Fsp3) is 0.500. The number of amides is 1. The van der Waals surface area contributed by atoms with Gasteiger partial charge in [0, 0.05) is 13.6 Å². The van der Waals surface area contributed by atoms with E-state index in [-0.39, 0.29) is 6.09 Å². The van der Waals surface area contributed by atoms with Gasteiger partial charge in [-0.15, -0.1) is 0 Å². The number of nitrogens with zero attached hydrogens (tertiary/aromatic N) is 1. The Labute approximate surface area is 128 Å². The van der Waals surface area contributed by atoms with Crippen molar-refractivity contribution in [3.8, 4) is 0 Å². The van der Waals surface area contributed by atoms with Gasteiger partial charge < -0.3 is 9.64 Å². The molecule has 0 unspecified atom stereocenters. The minimum atomic E-state index is -0.458. The summed E-state index contributed by atoms with van der Waals surface area (Å²) in [4.78, 5) is 13.4. The molecule has 0 aliphatic rings. The number of aryl methyl sites for hydroxylation is 1. The average Bonchev–Trinajstić information content (AvgIpc) is 2.37. The molecule has 1 aromatic carbocycles. The van der Waals surface area contributed by atoms with Crippen LogP contribution in [-0.2, 0) is 11.2 Å². The number of ether oxygens (including phenoxy) is 1. The predicted octanol–water partition coefficient (Wildman–Crippen LogP) is 4.43. The molecule has 0 radical (unpaired) electrons. The Bertz CT molecular complexity index is 460. The van der Waals surface area contributed by atoms with Crippen LogP contribution in [-0.4, -0.2) is 30.2 Å². The van der Waals surface area contributed by atoms with Gasteiger partial charge in [0.05, 0.1) is 0 Å². The number of hydrogen-bond donors (Lipinski definition) is 0. The fourth-order valence-corrected chi connectivity index (χ4v) is 2.01. The zero-order chi connectivity index (χ0) is 15.9. The minimum absolute atomic E-state index is 0.299. The van der Waals surface area contributed by atoms with Gasteiger partial charge in [-0.05, 0) is 45.6 Å². The molecule has 3 heteroatoms. The maximum atomic E-state index is 11.9. The van der Waals surface area contributed by atoms with Crippen molar-refractivity contribution in [2.24, 2.45) is 0 Å². The molecule has 0 saturated carbocycles. The predicted molar refractivity (Wildman–Crippen MR) is 87.4 cm³/mol. The number of likely N-dealkylation sites (N-methyl/N-ethyl adjacent to an activating group) is 1. The van der Waals surface area contributed by atoms with E-state index in [1.54, 1.807) is 11.9 Å². The van der Waals surface area contributed by atoms with Crippen LogP contribution in [0.2, 0.25) is 0 Å². The van der Waals surface area contributed by atoms with Crippen molar-refractivity contribution in [1.82, 2.24) is 4.90 Å². The molecule has 0 aliphatic carbocycles. The van der Waals surface area contributed by atoms with E-state index in [9.17, 15) is 4.79 Å². The van der Waals surface area contributed by atoms with Crippen LogP contribution in [0.4, 0.5) is 4.79 Å². The summed E-state index contributed by atoms with van der Waals surface area (Å²) in [6, 6.07) is 10.4. The molecule has 3 nitrogen and oxygen atoms in total. The molecular weight excluding hydrogens is 262 g/mol. The van der Waals surface area contributed by atoms with E-state index < -0.39 is 5.60 Å². The molecule has 0 aromatic heterocycles. The standard InChI is InChI=1S/C18H27NO2/c1-15(10-9-13-16-11-7-6-8-12-16)14-19(5)17(20)21-18(2,3)4/h6-8,11-12H,1,9-10,13-14H2,2-5H3. The highest BCUT2D eigenvalue weighted by atomic mass is 16.6. The summed E-state index contributed by atoms with van der Waals surface area (Å²) in [5.41, 5.74) is 1.94. The first kappa shape index (κ1) is 17.3. The average molecular weight is 289 g/mol. The lowest BCUT2D eigenvalue weighted by Gasteiger charge is -2.25. The van der Waals surface area contributed by atoms with Gasteiger partial charge >= 0.3 is 6.09 Å².